The molecule has 0 unspecified atom stereocenters. The van der Waals surface area contributed by atoms with Crippen LogP contribution in [0.1, 0.15) is 30.5 Å². The first-order valence-corrected chi connectivity index (χ1v) is 14.1. The van der Waals surface area contributed by atoms with Crippen molar-refractivity contribution in [1.29, 1.82) is 0 Å². The summed E-state index contributed by atoms with van der Waals surface area (Å²) in [6.45, 7) is 4.32. The van der Waals surface area contributed by atoms with E-state index in [1.54, 1.807) is 12.1 Å². The average Bonchev–Trinajstić information content (AvgIpc) is 2.99. The first kappa shape index (κ1) is 20.7. The first-order valence-electron chi connectivity index (χ1n) is 7.74. The standard InChI is InChI=1S/C19H17F3.2ClH.Zr/c1-12(2)15-10-14-4-3-5-17(18(14)11-15)13-6-8-16(9-7-13)19(20,21)22;;;/h3-9,11-12H,10H2,1-2H3;2*1H;/q;;;+2/p-2. The molecule has 0 radical (unpaired) electrons. The predicted octanol–water partition coefficient (Wildman–Crippen LogP) is 7.34. The van der Waals surface area contributed by atoms with Crippen molar-refractivity contribution in [3.8, 4) is 11.1 Å². The Kier molecular flexibility index (Phi) is 7.37. The van der Waals surface area contributed by atoms with Crippen LogP contribution in [0.5, 0.6) is 0 Å². The van der Waals surface area contributed by atoms with Crippen molar-refractivity contribution >= 4 is 23.1 Å². The summed E-state index contributed by atoms with van der Waals surface area (Å²) < 4.78 is 38.0. The second-order valence-corrected chi connectivity index (χ2v) is 9.81. The molecule has 0 aromatic heterocycles. The van der Waals surface area contributed by atoms with Crippen LogP contribution in [0.2, 0.25) is 0 Å². The summed E-state index contributed by atoms with van der Waals surface area (Å²) in [5, 5.41) is 0. The third-order valence-electron chi connectivity index (χ3n) is 4.19. The zero-order valence-corrected chi connectivity index (χ0v) is 17.8. The molecule has 1 aliphatic carbocycles. The minimum absolute atomic E-state index is 0.479. The number of hydrogen-bond donors (Lipinski definition) is 0. The fourth-order valence-corrected chi connectivity index (χ4v) is 2.86. The maximum atomic E-state index is 12.7. The van der Waals surface area contributed by atoms with Gasteiger partial charge in [-0.25, -0.2) is 0 Å². The van der Waals surface area contributed by atoms with Crippen LogP contribution in [0.15, 0.2) is 48.0 Å². The van der Waals surface area contributed by atoms with E-state index in [0.29, 0.717) is 5.92 Å². The van der Waals surface area contributed by atoms with Gasteiger partial charge in [0.25, 0.3) is 0 Å². The van der Waals surface area contributed by atoms with Gasteiger partial charge in [0.2, 0.25) is 0 Å². The Labute approximate surface area is 164 Å². The van der Waals surface area contributed by atoms with E-state index in [1.165, 1.54) is 11.1 Å². The fraction of sp³-hybridized carbons (Fsp3) is 0.263. The van der Waals surface area contributed by atoms with E-state index in [9.17, 15) is 13.2 Å². The molecule has 2 aromatic rings. The summed E-state index contributed by atoms with van der Waals surface area (Å²) in [5.41, 5.74) is 4.98. The molecule has 3 rings (SSSR count). The van der Waals surface area contributed by atoms with Gasteiger partial charge in [0.05, 0.1) is 5.56 Å². The quantitative estimate of drug-likeness (QED) is 0.436. The molecule has 6 heteroatoms. The first-order chi connectivity index (χ1) is 11.8. The second kappa shape index (κ2) is 8.88. The molecule has 0 bridgehead atoms. The third kappa shape index (κ3) is 5.22. The second-order valence-electron chi connectivity index (χ2n) is 6.08. The van der Waals surface area contributed by atoms with Crippen molar-refractivity contribution in [2.45, 2.75) is 26.4 Å². The Morgan fingerprint density at radius 1 is 1.00 bits per heavy atom. The Morgan fingerprint density at radius 2 is 1.60 bits per heavy atom. The Bertz CT molecular complexity index is 750. The van der Waals surface area contributed by atoms with Crippen LogP contribution >= 0.6 is 17.0 Å². The van der Waals surface area contributed by atoms with Gasteiger partial charge in [0, 0.05) is 0 Å². The molecule has 0 nitrogen and oxygen atoms in total. The van der Waals surface area contributed by atoms with E-state index >= 15 is 0 Å². The molecule has 0 atom stereocenters. The summed E-state index contributed by atoms with van der Waals surface area (Å²) in [4.78, 5) is 0. The maximum absolute atomic E-state index is 12.7. The van der Waals surface area contributed by atoms with Crippen LogP contribution in [0.3, 0.4) is 0 Å². The van der Waals surface area contributed by atoms with Crippen molar-refractivity contribution < 1.29 is 34.0 Å². The van der Waals surface area contributed by atoms with Gasteiger partial charge in [-0.2, -0.15) is 13.2 Å². The molecular formula is C19H17Cl2F3Zr. The van der Waals surface area contributed by atoms with Crippen molar-refractivity contribution in [3.05, 3.63) is 64.7 Å². The SMILES string of the molecule is CC(C)C1=Cc2c(cccc2-c2ccc(C(F)(F)F)cc2)C1.[Cl][Zr][Cl]. The number of benzene rings is 2. The molecule has 132 valence electrons. The number of halogens is 5. The van der Waals surface area contributed by atoms with Crippen LogP contribution in [-0.2, 0) is 33.4 Å². The van der Waals surface area contributed by atoms with Crippen molar-refractivity contribution in [2.24, 2.45) is 5.92 Å². The van der Waals surface area contributed by atoms with Crippen LogP contribution < -0.4 is 0 Å². The number of rotatable bonds is 2. The van der Waals surface area contributed by atoms with Gasteiger partial charge in [-0.1, -0.05) is 55.8 Å². The van der Waals surface area contributed by atoms with Crippen LogP contribution in [0.4, 0.5) is 13.2 Å². The summed E-state index contributed by atoms with van der Waals surface area (Å²) in [7, 11) is 9.87. The van der Waals surface area contributed by atoms with Crippen molar-refractivity contribution in [2.75, 3.05) is 0 Å². The van der Waals surface area contributed by atoms with Gasteiger partial charge in [-0.05, 0) is 46.7 Å². The minimum atomic E-state index is -4.29. The number of allylic oxidation sites excluding steroid dienone is 1. The number of hydrogen-bond acceptors (Lipinski definition) is 0. The van der Waals surface area contributed by atoms with Gasteiger partial charge in [0.1, 0.15) is 0 Å². The van der Waals surface area contributed by atoms with Crippen molar-refractivity contribution in [1.82, 2.24) is 0 Å². The summed E-state index contributed by atoms with van der Waals surface area (Å²) >= 11 is -0.826. The van der Waals surface area contributed by atoms with Gasteiger partial charge in [0.15, 0.2) is 0 Å². The van der Waals surface area contributed by atoms with E-state index in [4.69, 9.17) is 17.0 Å². The van der Waals surface area contributed by atoms with Crippen LogP contribution in [-0.4, -0.2) is 0 Å². The molecule has 0 spiro atoms. The zero-order valence-electron chi connectivity index (χ0n) is 13.8. The third-order valence-corrected chi connectivity index (χ3v) is 4.19. The van der Waals surface area contributed by atoms with Crippen molar-refractivity contribution in [3.63, 3.8) is 0 Å². The topological polar surface area (TPSA) is 0 Å². The molecule has 0 heterocycles. The molecule has 0 N–H and O–H groups in total. The van der Waals surface area contributed by atoms with Gasteiger partial charge >= 0.3 is 44.1 Å². The molecule has 0 amide bonds. The average molecular weight is 464 g/mol. The summed E-state index contributed by atoms with van der Waals surface area (Å²) in [5.74, 6) is 0.479. The number of fused-ring (bicyclic) bond motifs is 1. The zero-order chi connectivity index (χ0) is 18.6. The predicted molar refractivity (Wildman–Crippen MR) is 95.1 cm³/mol. The normalized spacial score (nSPS) is 13.0. The van der Waals surface area contributed by atoms with Crippen LogP contribution in [0.25, 0.3) is 17.2 Å². The van der Waals surface area contributed by atoms with E-state index in [2.05, 4.69) is 26.0 Å². The van der Waals surface area contributed by atoms with E-state index in [1.807, 2.05) is 12.1 Å². The van der Waals surface area contributed by atoms with E-state index in [-0.39, 0.29) is 0 Å². The molecule has 0 fully saturated rings. The van der Waals surface area contributed by atoms with Gasteiger partial charge in [-0.3, -0.25) is 0 Å². The van der Waals surface area contributed by atoms with Gasteiger partial charge < -0.3 is 0 Å². The van der Waals surface area contributed by atoms with Gasteiger partial charge in [-0.15, -0.1) is 0 Å². The number of alkyl halides is 3. The molecule has 25 heavy (non-hydrogen) atoms. The Hall–Kier alpha value is -0.567. The molecule has 0 aliphatic heterocycles. The summed E-state index contributed by atoms with van der Waals surface area (Å²) in [6.07, 6.45) is -1.17. The van der Waals surface area contributed by atoms with E-state index < -0.39 is 32.6 Å². The molecule has 1 aliphatic rings. The molecule has 2 aromatic carbocycles. The Morgan fingerprint density at radius 3 is 2.12 bits per heavy atom. The molecule has 0 saturated heterocycles. The van der Waals surface area contributed by atoms with E-state index in [0.717, 1.165) is 35.2 Å². The fourth-order valence-electron chi connectivity index (χ4n) is 2.86. The summed E-state index contributed by atoms with van der Waals surface area (Å²) in [6, 6.07) is 11.5. The Balaban J connectivity index is 0.000000701. The van der Waals surface area contributed by atoms with Crippen LogP contribution in [0, 0.1) is 5.92 Å². The monoisotopic (exact) mass is 462 g/mol. The molecule has 0 saturated carbocycles. The molecular weight excluding hydrogens is 447 g/mol.